The molecule has 2 aromatic heterocycles. The Labute approximate surface area is 157 Å². The van der Waals surface area contributed by atoms with Crippen LogP contribution in [-0.4, -0.2) is 31.4 Å². The number of aryl methyl sites for hydroxylation is 4. The molecule has 140 valence electrons. The van der Waals surface area contributed by atoms with Crippen LogP contribution in [-0.2, 0) is 20.6 Å². The monoisotopic (exact) mass is 366 g/mol. The molecular weight excluding hydrogens is 344 g/mol. The number of carbonyl (C=O) groups excluding carboxylic acids is 2. The zero-order valence-electron chi connectivity index (χ0n) is 15.8. The highest BCUT2D eigenvalue weighted by Crippen LogP contribution is 2.18. The molecule has 0 aliphatic carbocycles. The van der Waals surface area contributed by atoms with Crippen molar-refractivity contribution in [2.24, 2.45) is 14.1 Å². The molecule has 1 aromatic carbocycles. The van der Waals surface area contributed by atoms with Crippen molar-refractivity contribution in [3.8, 4) is 0 Å². The van der Waals surface area contributed by atoms with Crippen LogP contribution in [0.4, 0.5) is 5.69 Å². The molecule has 2 heterocycles. The lowest BCUT2D eigenvalue weighted by molar-refractivity contribution is 0.0942. The van der Waals surface area contributed by atoms with Gasteiger partial charge in [-0.1, -0.05) is 17.7 Å². The Morgan fingerprint density at radius 1 is 1.07 bits per heavy atom. The van der Waals surface area contributed by atoms with E-state index in [1.807, 2.05) is 45.3 Å². The van der Waals surface area contributed by atoms with E-state index in [0.29, 0.717) is 17.8 Å². The fourth-order valence-corrected chi connectivity index (χ4v) is 2.80. The molecule has 0 saturated carbocycles. The molecule has 0 aliphatic heterocycles. The van der Waals surface area contributed by atoms with Crippen molar-refractivity contribution in [2.75, 3.05) is 5.32 Å². The van der Waals surface area contributed by atoms with Crippen molar-refractivity contribution >= 4 is 17.5 Å². The standard InChI is InChI=1S/C19H22N6O2/c1-12-5-6-13(2)15(7-12)18(26)23-16-10-22-25(4)17(16)19(27)20-8-14-9-21-24(3)11-14/h5-7,9-11H,8H2,1-4H3,(H,20,27)(H,23,26). The molecule has 0 spiro atoms. The molecule has 0 aliphatic rings. The normalized spacial score (nSPS) is 10.7. The molecular formula is C19H22N6O2. The molecule has 0 radical (unpaired) electrons. The van der Waals surface area contributed by atoms with Gasteiger partial charge in [-0.2, -0.15) is 10.2 Å². The van der Waals surface area contributed by atoms with Crippen molar-refractivity contribution in [3.05, 3.63) is 64.7 Å². The highest BCUT2D eigenvalue weighted by Gasteiger charge is 2.20. The number of amides is 2. The zero-order chi connectivity index (χ0) is 19.6. The summed E-state index contributed by atoms with van der Waals surface area (Å²) >= 11 is 0. The number of hydrogen-bond donors (Lipinski definition) is 2. The van der Waals surface area contributed by atoms with Gasteiger partial charge < -0.3 is 10.6 Å². The Kier molecular flexibility index (Phi) is 5.07. The summed E-state index contributed by atoms with van der Waals surface area (Å²) in [6, 6.07) is 5.67. The third-order valence-electron chi connectivity index (χ3n) is 4.25. The van der Waals surface area contributed by atoms with E-state index >= 15 is 0 Å². The molecule has 8 nitrogen and oxygen atoms in total. The summed E-state index contributed by atoms with van der Waals surface area (Å²) in [5, 5.41) is 13.8. The van der Waals surface area contributed by atoms with Crippen LogP contribution in [0.15, 0.2) is 36.8 Å². The fourth-order valence-electron chi connectivity index (χ4n) is 2.80. The lowest BCUT2D eigenvalue weighted by Gasteiger charge is -2.10. The first-order valence-electron chi connectivity index (χ1n) is 8.51. The Bertz CT molecular complexity index is 1000. The molecule has 3 aromatic rings. The van der Waals surface area contributed by atoms with Gasteiger partial charge in [-0.15, -0.1) is 0 Å². The quantitative estimate of drug-likeness (QED) is 0.722. The minimum atomic E-state index is -0.324. The second-order valence-electron chi connectivity index (χ2n) is 6.51. The average Bonchev–Trinajstić information content (AvgIpc) is 3.20. The predicted octanol–water partition coefficient (Wildman–Crippen LogP) is 1.95. The number of nitrogens with one attached hydrogen (secondary N) is 2. The lowest BCUT2D eigenvalue weighted by Crippen LogP contribution is -2.26. The topological polar surface area (TPSA) is 93.8 Å². The highest BCUT2D eigenvalue weighted by atomic mass is 16.2. The first-order valence-corrected chi connectivity index (χ1v) is 8.51. The van der Waals surface area contributed by atoms with Crippen LogP contribution in [0.3, 0.4) is 0 Å². The third-order valence-corrected chi connectivity index (χ3v) is 4.25. The van der Waals surface area contributed by atoms with Crippen molar-refractivity contribution in [2.45, 2.75) is 20.4 Å². The SMILES string of the molecule is Cc1ccc(C)c(C(=O)Nc2cnn(C)c2C(=O)NCc2cnn(C)c2)c1. The van der Waals surface area contributed by atoms with E-state index in [-0.39, 0.29) is 17.5 Å². The Morgan fingerprint density at radius 3 is 2.56 bits per heavy atom. The summed E-state index contributed by atoms with van der Waals surface area (Å²) in [5.41, 5.74) is 3.97. The number of rotatable bonds is 5. The number of benzene rings is 1. The summed E-state index contributed by atoms with van der Waals surface area (Å²) in [6.45, 7) is 4.14. The smallest absolute Gasteiger partial charge is 0.271 e. The van der Waals surface area contributed by atoms with Crippen LogP contribution in [0.1, 0.15) is 37.5 Å². The molecule has 0 fully saturated rings. The second-order valence-corrected chi connectivity index (χ2v) is 6.51. The van der Waals surface area contributed by atoms with Gasteiger partial charge in [-0.25, -0.2) is 0 Å². The predicted molar refractivity (Wildman–Crippen MR) is 101 cm³/mol. The van der Waals surface area contributed by atoms with E-state index in [9.17, 15) is 9.59 Å². The molecule has 2 N–H and O–H groups in total. The summed E-state index contributed by atoms with van der Waals surface area (Å²) in [7, 11) is 3.47. The first kappa shape index (κ1) is 18.4. The van der Waals surface area contributed by atoms with Crippen molar-refractivity contribution < 1.29 is 9.59 Å². The zero-order valence-corrected chi connectivity index (χ0v) is 15.8. The third kappa shape index (κ3) is 4.05. The van der Waals surface area contributed by atoms with Gasteiger partial charge in [0, 0.05) is 38.0 Å². The Morgan fingerprint density at radius 2 is 1.85 bits per heavy atom. The van der Waals surface area contributed by atoms with E-state index in [4.69, 9.17) is 0 Å². The maximum atomic E-state index is 12.7. The van der Waals surface area contributed by atoms with E-state index < -0.39 is 0 Å². The largest absolute Gasteiger partial charge is 0.346 e. The van der Waals surface area contributed by atoms with Gasteiger partial charge >= 0.3 is 0 Å². The fraction of sp³-hybridized carbons (Fsp3) is 0.263. The molecule has 3 rings (SSSR count). The lowest BCUT2D eigenvalue weighted by atomic mass is 10.1. The molecule has 0 atom stereocenters. The van der Waals surface area contributed by atoms with Crippen molar-refractivity contribution in [3.63, 3.8) is 0 Å². The van der Waals surface area contributed by atoms with Crippen LogP contribution in [0, 0.1) is 13.8 Å². The van der Waals surface area contributed by atoms with Gasteiger partial charge in [-0.3, -0.25) is 19.0 Å². The Balaban J connectivity index is 1.76. The van der Waals surface area contributed by atoms with Gasteiger partial charge in [0.05, 0.1) is 18.1 Å². The van der Waals surface area contributed by atoms with Crippen LogP contribution < -0.4 is 10.6 Å². The molecule has 27 heavy (non-hydrogen) atoms. The number of aromatic nitrogens is 4. The Hall–Kier alpha value is -3.42. The number of nitrogens with zero attached hydrogens (tertiary/aromatic N) is 4. The minimum absolute atomic E-state index is 0.273. The molecule has 0 bridgehead atoms. The average molecular weight is 366 g/mol. The van der Waals surface area contributed by atoms with Crippen molar-refractivity contribution in [1.29, 1.82) is 0 Å². The van der Waals surface area contributed by atoms with E-state index in [2.05, 4.69) is 20.8 Å². The molecule has 0 saturated heterocycles. The van der Waals surface area contributed by atoms with E-state index in [1.54, 1.807) is 17.9 Å². The van der Waals surface area contributed by atoms with E-state index in [1.165, 1.54) is 10.9 Å². The van der Waals surface area contributed by atoms with Gasteiger partial charge in [0.1, 0.15) is 5.69 Å². The highest BCUT2D eigenvalue weighted by molar-refractivity contribution is 6.09. The maximum Gasteiger partial charge on any atom is 0.271 e. The summed E-state index contributed by atoms with van der Waals surface area (Å²) in [4.78, 5) is 25.3. The molecule has 2 amide bonds. The summed E-state index contributed by atoms with van der Waals surface area (Å²) in [5.74, 6) is -0.597. The summed E-state index contributed by atoms with van der Waals surface area (Å²) < 4.78 is 3.11. The van der Waals surface area contributed by atoms with Gasteiger partial charge in [0.2, 0.25) is 0 Å². The van der Waals surface area contributed by atoms with Crippen LogP contribution >= 0.6 is 0 Å². The number of anilines is 1. The van der Waals surface area contributed by atoms with Crippen LogP contribution in [0.25, 0.3) is 0 Å². The van der Waals surface area contributed by atoms with Gasteiger partial charge in [-0.05, 0) is 25.5 Å². The van der Waals surface area contributed by atoms with Crippen LogP contribution in [0.2, 0.25) is 0 Å². The molecule has 0 unspecified atom stereocenters. The summed E-state index contributed by atoms with van der Waals surface area (Å²) in [6.07, 6.45) is 4.99. The van der Waals surface area contributed by atoms with E-state index in [0.717, 1.165) is 16.7 Å². The second kappa shape index (κ2) is 7.45. The molecule has 8 heteroatoms. The number of carbonyl (C=O) groups is 2. The number of hydrogen-bond acceptors (Lipinski definition) is 4. The minimum Gasteiger partial charge on any atom is -0.346 e. The van der Waals surface area contributed by atoms with Crippen LogP contribution in [0.5, 0.6) is 0 Å². The van der Waals surface area contributed by atoms with Gasteiger partial charge in [0.25, 0.3) is 11.8 Å². The van der Waals surface area contributed by atoms with Crippen molar-refractivity contribution in [1.82, 2.24) is 24.9 Å². The maximum absolute atomic E-state index is 12.7. The first-order chi connectivity index (χ1) is 12.8. The van der Waals surface area contributed by atoms with Gasteiger partial charge in [0.15, 0.2) is 0 Å².